The molecule has 1 aliphatic heterocycles. The molecule has 5 nitrogen and oxygen atoms in total. The number of nitrogens with one attached hydrogen (secondary N) is 1. The van der Waals surface area contributed by atoms with Crippen LogP contribution in [0.3, 0.4) is 0 Å². The molecule has 0 aliphatic carbocycles. The van der Waals surface area contributed by atoms with Gasteiger partial charge in [-0.1, -0.05) is 0 Å². The molecule has 2 aromatic heterocycles. The zero-order valence-electron chi connectivity index (χ0n) is 12.3. The van der Waals surface area contributed by atoms with Crippen molar-refractivity contribution in [2.75, 3.05) is 19.6 Å². The van der Waals surface area contributed by atoms with Crippen LogP contribution in [0.5, 0.6) is 0 Å². The van der Waals surface area contributed by atoms with Gasteiger partial charge in [-0.15, -0.1) is 0 Å². The summed E-state index contributed by atoms with van der Waals surface area (Å²) in [5.41, 5.74) is 1.71. The van der Waals surface area contributed by atoms with Gasteiger partial charge in [0.1, 0.15) is 5.76 Å². The van der Waals surface area contributed by atoms with Gasteiger partial charge < -0.3 is 14.6 Å². The molecule has 0 saturated carbocycles. The summed E-state index contributed by atoms with van der Waals surface area (Å²) in [4.78, 5) is 18.9. The second-order valence-corrected chi connectivity index (χ2v) is 6.13. The number of piperazine rings is 1. The third kappa shape index (κ3) is 3.01. The highest BCUT2D eigenvalue weighted by Gasteiger charge is 2.24. The Hall–Kier alpha value is -1.66. The maximum Gasteiger partial charge on any atom is 0.229 e. The second kappa shape index (κ2) is 5.99. The van der Waals surface area contributed by atoms with E-state index >= 15 is 0 Å². The zero-order valence-corrected chi connectivity index (χ0v) is 13.1. The summed E-state index contributed by atoms with van der Waals surface area (Å²) in [6.07, 6.45) is 0.309. The fraction of sp³-hybridized carbons (Fsp3) is 0.467. The second-order valence-electron chi connectivity index (χ2n) is 5.35. The van der Waals surface area contributed by atoms with E-state index in [2.05, 4.69) is 17.2 Å². The van der Waals surface area contributed by atoms with Crippen LogP contribution in [0.25, 0.3) is 11.5 Å². The number of thiophene rings is 1. The topological polar surface area (TPSA) is 58.4 Å². The minimum atomic E-state index is 0.122. The Kier molecular flexibility index (Phi) is 4.07. The first kappa shape index (κ1) is 14.3. The van der Waals surface area contributed by atoms with Crippen molar-refractivity contribution in [3.63, 3.8) is 0 Å². The molecule has 1 aliphatic rings. The molecule has 3 heterocycles. The molecule has 0 aromatic carbocycles. The minimum Gasteiger partial charge on any atom is -0.441 e. The van der Waals surface area contributed by atoms with Crippen LogP contribution in [-0.2, 0) is 11.2 Å². The number of nitrogens with zero attached hydrogens (tertiary/aromatic N) is 2. The van der Waals surface area contributed by atoms with E-state index in [4.69, 9.17) is 4.42 Å². The number of oxazole rings is 1. The Morgan fingerprint density at radius 2 is 2.48 bits per heavy atom. The van der Waals surface area contributed by atoms with E-state index in [1.165, 1.54) is 0 Å². The van der Waals surface area contributed by atoms with Gasteiger partial charge in [-0.25, -0.2) is 4.98 Å². The fourth-order valence-corrected chi connectivity index (χ4v) is 3.19. The maximum absolute atomic E-state index is 12.4. The van der Waals surface area contributed by atoms with E-state index in [-0.39, 0.29) is 11.9 Å². The molecular weight excluding hydrogens is 286 g/mol. The zero-order chi connectivity index (χ0) is 14.8. The monoisotopic (exact) mass is 305 g/mol. The molecule has 21 heavy (non-hydrogen) atoms. The molecule has 0 unspecified atom stereocenters. The molecule has 1 amide bonds. The largest absolute Gasteiger partial charge is 0.441 e. The smallest absolute Gasteiger partial charge is 0.229 e. The summed E-state index contributed by atoms with van der Waals surface area (Å²) in [6, 6.07) is 2.20. The Balaban J connectivity index is 1.74. The highest BCUT2D eigenvalue weighted by atomic mass is 32.1. The normalized spacial score (nSPS) is 19.0. The fourth-order valence-electron chi connectivity index (χ4n) is 2.56. The van der Waals surface area contributed by atoms with Gasteiger partial charge in [-0.05, 0) is 25.3 Å². The van der Waals surface area contributed by atoms with E-state index < -0.39 is 0 Å². The third-order valence-corrected chi connectivity index (χ3v) is 4.48. The lowest BCUT2D eigenvalue weighted by Crippen LogP contribution is -2.52. The lowest BCUT2D eigenvalue weighted by Gasteiger charge is -2.33. The molecule has 0 radical (unpaired) electrons. The third-order valence-electron chi connectivity index (χ3n) is 3.80. The van der Waals surface area contributed by atoms with E-state index in [0.717, 1.165) is 36.7 Å². The molecule has 112 valence electrons. The van der Waals surface area contributed by atoms with Crippen LogP contribution in [0.4, 0.5) is 0 Å². The molecule has 1 N–H and O–H groups in total. The number of carbonyl (C=O) groups is 1. The van der Waals surface area contributed by atoms with Crippen molar-refractivity contribution in [2.24, 2.45) is 0 Å². The van der Waals surface area contributed by atoms with Gasteiger partial charge in [0.25, 0.3) is 0 Å². The number of hydrogen-bond donors (Lipinski definition) is 1. The van der Waals surface area contributed by atoms with Crippen molar-refractivity contribution in [3.8, 4) is 11.5 Å². The molecular formula is C15H19N3O2S. The summed E-state index contributed by atoms with van der Waals surface area (Å²) in [6.45, 7) is 6.40. The number of aromatic nitrogens is 1. The van der Waals surface area contributed by atoms with Crippen LogP contribution in [0, 0.1) is 6.92 Å². The summed E-state index contributed by atoms with van der Waals surface area (Å²) in [7, 11) is 0. The van der Waals surface area contributed by atoms with Crippen LogP contribution in [0.15, 0.2) is 21.2 Å². The summed E-state index contributed by atoms with van der Waals surface area (Å²) < 4.78 is 5.69. The maximum atomic E-state index is 12.4. The number of aryl methyl sites for hydroxylation is 1. The molecule has 0 spiro atoms. The number of rotatable bonds is 3. The number of amides is 1. The van der Waals surface area contributed by atoms with Gasteiger partial charge in [-0.3, -0.25) is 4.79 Å². The van der Waals surface area contributed by atoms with Crippen LogP contribution >= 0.6 is 11.3 Å². The quantitative estimate of drug-likeness (QED) is 0.943. The van der Waals surface area contributed by atoms with Gasteiger partial charge >= 0.3 is 0 Å². The van der Waals surface area contributed by atoms with Gasteiger partial charge in [-0.2, -0.15) is 11.3 Å². The van der Waals surface area contributed by atoms with E-state index in [1.54, 1.807) is 11.3 Å². The van der Waals surface area contributed by atoms with Gasteiger partial charge in [0.05, 0.1) is 12.1 Å². The Morgan fingerprint density at radius 1 is 1.62 bits per heavy atom. The molecule has 1 fully saturated rings. The van der Waals surface area contributed by atoms with Crippen LogP contribution in [0.1, 0.15) is 18.4 Å². The van der Waals surface area contributed by atoms with Gasteiger partial charge in [0, 0.05) is 36.6 Å². The first-order valence-corrected chi connectivity index (χ1v) is 8.08. The summed E-state index contributed by atoms with van der Waals surface area (Å²) >= 11 is 1.60. The highest BCUT2D eigenvalue weighted by Crippen LogP contribution is 2.24. The van der Waals surface area contributed by atoms with E-state index in [1.807, 2.05) is 28.7 Å². The minimum absolute atomic E-state index is 0.122. The molecule has 6 heteroatoms. The number of carbonyl (C=O) groups excluding carboxylic acids is 1. The van der Waals surface area contributed by atoms with Crippen LogP contribution < -0.4 is 5.32 Å². The first-order chi connectivity index (χ1) is 10.1. The Labute approximate surface area is 128 Å². The molecule has 3 rings (SSSR count). The SMILES string of the molecule is Cc1oc(-c2ccsc2)nc1CC(=O)N1CCNC[C@@H]1C. The van der Waals surface area contributed by atoms with Crippen LogP contribution in [0.2, 0.25) is 0 Å². The number of hydrogen-bond acceptors (Lipinski definition) is 5. The predicted molar refractivity (Wildman–Crippen MR) is 82.3 cm³/mol. The Bertz CT molecular complexity index is 621. The average molecular weight is 305 g/mol. The van der Waals surface area contributed by atoms with Gasteiger partial charge in [0.2, 0.25) is 11.8 Å². The molecule has 1 saturated heterocycles. The van der Waals surface area contributed by atoms with E-state index in [9.17, 15) is 4.79 Å². The molecule has 0 bridgehead atoms. The molecule has 2 aromatic rings. The lowest BCUT2D eigenvalue weighted by atomic mass is 10.1. The molecule has 1 atom stereocenters. The van der Waals surface area contributed by atoms with E-state index in [0.29, 0.717) is 12.3 Å². The van der Waals surface area contributed by atoms with Crippen molar-refractivity contribution < 1.29 is 9.21 Å². The van der Waals surface area contributed by atoms with Crippen molar-refractivity contribution in [2.45, 2.75) is 26.3 Å². The van der Waals surface area contributed by atoms with Crippen molar-refractivity contribution in [3.05, 3.63) is 28.3 Å². The predicted octanol–water partition coefficient (Wildman–Crippen LogP) is 2.07. The van der Waals surface area contributed by atoms with Crippen molar-refractivity contribution in [1.82, 2.24) is 15.2 Å². The summed E-state index contributed by atoms with van der Waals surface area (Å²) in [5.74, 6) is 1.45. The lowest BCUT2D eigenvalue weighted by molar-refractivity contribution is -0.133. The van der Waals surface area contributed by atoms with Gasteiger partial charge in [0.15, 0.2) is 0 Å². The Morgan fingerprint density at radius 3 is 3.19 bits per heavy atom. The summed E-state index contributed by atoms with van der Waals surface area (Å²) in [5, 5.41) is 7.27. The average Bonchev–Trinajstić information content (AvgIpc) is 3.10. The standard InChI is InChI=1S/C15H19N3O2S/c1-10-8-16-4-5-18(10)14(19)7-13-11(2)20-15(17-13)12-3-6-21-9-12/h3,6,9-10,16H,4-5,7-8H2,1-2H3/t10-/m0/s1. The first-order valence-electron chi connectivity index (χ1n) is 7.14. The highest BCUT2D eigenvalue weighted by molar-refractivity contribution is 7.08. The van der Waals surface area contributed by atoms with Crippen molar-refractivity contribution >= 4 is 17.2 Å². The van der Waals surface area contributed by atoms with Crippen molar-refractivity contribution in [1.29, 1.82) is 0 Å². The van der Waals surface area contributed by atoms with Crippen LogP contribution in [-0.4, -0.2) is 41.5 Å².